The lowest BCUT2D eigenvalue weighted by atomic mass is 9.66. The summed E-state index contributed by atoms with van der Waals surface area (Å²) in [5, 5.41) is 14.5. The molecule has 6 nitrogen and oxygen atoms in total. The Morgan fingerprint density at radius 1 is 0.917 bits per heavy atom. The van der Waals surface area contributed by atoms with E-state index in [-0.39, 0.29) is 11.7 Å². The van der Waals surface area contributed by atoms with Crippen molar-refractivity contribution in [2.45, 2.75) is 44.2 Å². The average Bonchev–Trinajstić information content (AvgIpc) is 3.38. The summed E-state index contributed by atoms with van der Waals surface area (Å²) in [6.07, 6.45) is 0.707. The fraction of sp³-hybridized carbons (Fsp3) is 0.345. The number of carbonyl (C=O) groups is 1. The molecule has 1 saturated heterocycles. The summed E-state index contributed by atoms with van der Waals surface area (Å²) in [5.74, 6) is -0.699. The van der Waals surface area contributed by atoms with Crippen LogP contribution in [0.3, 0.4) is 0 Å². The molecular formula is C29H30FNO5. The van der Waals surface area contributed by atoms with Crippen LogP contribution in [0.4, 0.5) is 10.1 Å². The van der Waals surface area contributed by atoms with Crippen molar-refractivity contribution in [1.82, 2.24) is 0 Å². The Balaban J connectivity index is 1.34. The van der Waals surface area contributed by atoms with E-state index >= 15 is 0 Å². The number of aliphatic hydroxyl groups is 1. The van der Waals surface area contributed by atoms with Crippen LogP contribution in [0, 0.1) is 11.2 Å². The number of benzene rings is 3. The maximum absolute atomic E-state index is 13.6. The lowest BCUT2D eigenvalue weighted by Gasteiger charge is -2.45. The van der Waals surface area contributed by atoms with Crippen LogP contribution in [0.15, 0.2) is 78.9 Å². The molecule has 0 unspecified atom stereocenters. The van der Waals surface area contributed by atoms with Crippen LogP contribution < -0.4 is 10.1 Å². The smallest absolute Gasteiger partial charge is 0.233 e. The van der Waals surface area contributed by atoms with Gasteiger partial charge in [0.25, 0.3) is 0 Å². The number of nitrogens with one attached hydrogen (secondary N) is 1. The number of hydrogen-bond donors (Lipinski definition) is 2. The van der Waals surface area contributed by atoms with E-state index in [4.69, 9.17) is 14.2 Å². The van der Waals surface area contributed by atoms with Gasteiger partial charge >= 0.3 is 0 Å². The highest BCUT2D eigenvalue weighted by Crippen LogP contribution is 2.51. The number of rotatable bonds is 7. The van der Waals surface area contributed by atoms with Gasteiger partial charge in [0, 0.05) is 18.5 Å². The lowest BCUT2D eigenvalue weighted by Crippen LogP contribution is -2.49. The molecule has 2 N–H and O–H groups in total. The molecule has 2 aliphatic rings. The fourth-order valence-corrected chi connectivity index (χ4v) is 5.08. The molecular weight excluding hydrogens is 461 g/mol. The Kier molecular flexibility index (Phi) is 7.05. The van der Waals surface area contributed by atoms with E-state index in [9.17, 15) is 14.3 Å². The summed E-state index contributed by atoms with van der Waals surface area (Å²) < 4.78 is 31.0. The first-order chi connectivity index (χ1) is 17.5. The van der Waals surface area contributed by atoms with Crippen molar-refractivity contribution in [1.29, 1.82) is 0 Å². The maximum atomic E-state index is 13.6. The third-order valence-electron chi connectivity index (χ3n) is 7.24. The van der Waals surface area contributed by atoms with Gasteiger partial charge in [0.15, 0.2) is 5.79 Å². The number of anilines is 1. The van der Waals surface area contributed by atoms with Crippen LogP contribution in [0.2, 0.25) is 0 Å². The Morgan fingerprint density at radius 3 is 2.19 bits per heavy atom. The summed E-state index contributed by atoms with van der Waals surface area (Å²) in [6, 6.07) is 22.7. The summed E-state index contributed by atoms with van der Waals surface area (Å²) in [4.78, 5) is 13.6. The molecule has 1 saturated carbocycles. The average molecular weight is 492 g/mol. The first kappa shape index (κ1) is 24.4. The van der Waals surface area contributed by atoms with Crippen LogP contribution in [0.5, 0.6) is 5.75 Å². The number of halogens is 1. The van der Waals surface area contributed by atoms with Crippen molar-refractivity contribution in [2.24, 2.45) is 5.41 Å². The second kappa shape index (κ2) is 10.4. The predicted molar refractivity (Wildman–Crippen MR) is 133 cm³/mol. The van der Waals surface area contributed by atoms with Crippen LogP contribution in [0.25, 0.3) is 0 Å². The minimum absolute atomic E-state index is 0.307. The Morgan fingerprint density at radius 2 is 1.56 bits per heavy atom. The van der Waals surface area contributed by atoms with Crippen molar-refractivity contribution < 1.29 is 28.5 Å². The van der Waals surface area contributed by atoms with Crippen molar-refractivity contribution in [2.75, 3.05) is 18.5 Å². The van der Waals surface area contributed by atoms with Gasteiger partial charge in [-0.2, -0.15) is 0 Å². The van der Waals surface area contributed by atoms with Crippen LogP contribution in [0.1, 0.15) is 42.9 Å². The van der Waals surface area contributed by atoms with Gasteiger partial charge in [-0.05, 0) is 60.4 Å². The largest absolute Gasteiger partial charge is 0.489 e. The van der Waals surface area contributed by atoms with Gasteiger partial charge in [-0.15, -0.1) is 0 Å². The van der Waals surface area contributed by atoms with E-state index in [2.05, 4.69) is 5.32 Å². The van der Waals surface area contributed by atoms with Gasteiger partial charge in [-0.3, -0.25) is 4.79 Å². The number of hydrogen-bond acceptors (Lipinski definition) is 5. The lowest BCUT2D eigenvalue weighted by molar-refractivity contribution is -0.201. The van der Waals surface area contributed by atoms with E-state index in [0.717, 1.165) is 5.56 Å². The molecule has 1 atom stereocenters. The van der Waals surface area contributed by atoms with Crippen molar-refractivity contribution >= 4 is 11.6 Å². The monoisotopic (exact) mass is 491 g/mol. The summed E-state index contributed by atoms with van der Waals surface area (Å²) in [5.41, 5.74) is 1.07. The second-order valence-corrected chi connectivity index (χ2v) is 9.47. The zero-order valence-electron chi connectivity index (χ0n) is 20.0. The molecule has 3 aromatic rings. The van der Waals surface area contributed by atoms with E-state index in [0.29, 0.717) is 62.5 Å². The molecule has 3 aromatic carbocycles. The van der Waals surface area contributed by atoms with E-state index in [1.54, 1.807) is 24.3 Å². The van der Waals surface area contributed by atoms with E-state index < -0.39 is 17.3 Å². The summed E-state index contributed by atoms with van der Waals surface area (Å²) in [7, 11) is 0. The SMILES string of the molecule is O=C(Nc1ccc(F)cc1)C1([C@@H](O)c2ccc(OCc3ccccc3)cc2)CCC2(CC1)OCCO2. The van der Waals surface area contributed by atoms with E-state index in [1.807, 2.05) is 30.3 Å². The Labute approximate surface area is 210 Å². The molecule has 1 aliphatic heterocycles. The summed E-state index contributed by atoms with van der Waals surface area (Å²) >= 11 is 0. The minimum Gasteiger partial charge on any atom is -0.489 e. The van der Waals surface area contributed by atoms with Crippen LogP contribution in [-0.4, -0.2) is 30.0 Å². The molecule has 5 rings (SSSR count). The highest BCUT2D eigenvalue weighted by Gasteiger charge is 2.53. The number of ether oxygens (including phenoxy) is 3. The molecule has 7 heteroatoms. The normalized spacial score (nSPS) is 19.1. The van der Waals surface area contributed by atoms with Crippen molar-refractivity contribution in [3.63, 3.8) is 0 Å². The zero-order chi connectivity index (χ0) is 25.0. The first-order valence-electron chi connectivity index (χ1n) is 12.3. The molecule has 0 bridgehead atoms. The van der Waals surface area contributed by atoms with Gasteiger partial charge in [0.1, 0.15) is 18.2 Å². The van der Waals surface area contributed by atoms with Gasteiger partial charge in [-0.25, -0.2) is 4.39 Å². The van der Waals surface area contributed by atoms with Gasteiger partial charge < -0.3 is 24.6 Å². The number of carbonyl (C=O) groups excluding carboxylic acids is 1. The molecule has 1 heterocycles. The Bertz CT molecular complexity index is 1150. The molecule has 36 heavy (non-hydrogen) atoms. The molecule has 188 valence electrons. The molecule has 1 aliphatic carbocycles. The minimum atomic E-state index is -1.10. The topological polar surface area (TPSA) is 77.0 Å². The van der Waals surface area contributed by atoms with Crippen molar-refractivity contribution in [3.8, 4) is 5.75 Å². The zero-order valence-corrected chi connectivity index (χ0v) is 20.0. The third kappa shape index (κ3) is 5.14. The number of aliphatic hydroxyl groups excluding tert-OH is 1. The van der Waals surface area contributed by atoms with Gasteiger partial charge in [0.2, 0.25) is 5.91 Å². The molecule has 2 fully saturated rings. The quantitative estimate of drug-likeness (QED) is 0.464. The molecule has 0 aromatic heterocycles. The van der Waals surface area contributed by atoms with Crippen molar-refractivity contribution in [3.05, 3.63) is 95.8 Å². The second-order valence-electron chi connectivity index (χ2n) is 9.47. The molecule has 1 spiro atoms. The van der Waals surface area contributed by atoms with Crippen LogP contribution in [-0.2, 0) is 20.9 Å². The highest BCUT2D eigenvalue weighted by atomic mass is 19.1. The standard InChI is InChI=1S/C29H30FNO5/c30-23-8-10-24(11-9-23)31-27(33)28(14-16-29(17-15-28)35-18-19-36-29)26(32)22-6-12-25(13-7-22)34-20-21-4-2-1-3-5-21/h1-13,26,32H,14-20H2,(H,31,33)/t26-/m0/s1. The number of amides is 1. The summed E-state index contributed by atoms with van der Waals surface area (Å²) in [6.45, 7) is 1.50. The first-order valence-corrected chi connectivity index (χ1v) is 12.3. The van der Waals surface area contributed by atoms with Gasteiger partial charge in [0.05, 0.1) is 24.7 Å². The predicted octanol–water partition coefficient (Wildman–Crippen LogP) is 5.38. The van der Waals surface area contributed by atoms with Gasteiger partial charge in [-0.1, -0.05) is 42.5 Å². The third-order valence-corrected chi connectivity index (χ3v) is 7.24. The Hall–Kier alpha value is -3.26. The fourth-order valence-electron chi connectivity index (χ4n) is 5.08. The highest BCUT2D eigenvalue weighted by molar-refractivity contribution is 5.96. The maximum Gasteiger partial charge on any atom is 0.233 e. The van der Waals surface area contributed by atoms with E-state index in [1.165, 1.54) is 24.3 Å². The van der Waals surface area contributed by atoms with Crippen LogP contribution >= 0.6 is 0 Å². The molecule has 0 radical (unpaired) electrons. The molecule has 1 amide bonds.